The number of benzene rings is 1. The summed E-state index contributed by atoms with van der Waals surface area (Å²) in [5.41, 5.74) is 2.93. The summed E-state index contributed by atoms with van der Waals surface area (Å²) in [5.74, 6) is 0.882. The first kappa shape index (κ1) is 28.1. The van der Waals surface area contributed by atoms with Gasteiger partial charge in [0.25, 0.3) is 10.1 Å². The maximum atomic E-state index is 12.4. The van der Waals surface area contributed by atoms with E-state index in [9.17, 15) is 13.0 Å². The Morgan fingerprint density at radius 1 is 1.08 bits per heavy atom. The molecule has 0 saturated heterocycles. The molecule has 0 aliphatic heterocycles. The summed E-state index contributed by atoms with van der Waals surface area (Å²) < 4.78 is 48.2. The number of aromatic nitrogens is 5. The minimum absolute atomic E-state index is 0.0565. The number of aryl methyl sites for hydroxylation is 1. The second-order valence-corrected chi connectivity index (χ2v) is 18.3. The Kier molecular flexibility index (Phi) is 6.92. The van der Waals surface area contributed by atoms with E-state index in [1.54, 1.807) is 22.7 Å². The highest BCUT2D eigenvalue weighted by atomic mass is 32.2. The van der Waals surface area contributed by atoms with Crippen LogP contribution in [0.2, 0.25) is 18.1 Å². The van der Waals surface area contributed by atoms with E-state index < -0.39 is 23.9 Å². The summed E-state index contributed by atoms with van der Waals surface area (Å²) in [7, 11) is -6.51. The van der Waals surface area contributed by atoms with Crippen molar-refractivity contribution in [3.63, 3.8) is 0 Å². The van der Waals surface area contributed by atoms with Crippen LogP contribution in [0, 0.1) is 6.92 Å². The van der Waals surface area contributed by atoms with Crippen molar-refractivity contribution in [2.75, 3.05) is 0 Å². The lowest BCUT2D eigenvalue weighted by molar-refractivity contribution is 0.230. The van der Waals surface area contributed by atoms with E-state index in [2.05, 4.69) is 49.2 Å². The van der Waals surface area contributed by atoms with E-state index in [0.29, 0.717) is 34.1 Å². The number of rotatable bonds is 6. The molecule has 0 unspecified atom stereocenters. The molecule has 204 valence electrons. The van der Waals surface area contributed by atoms with Crippen LogP contribution in [0.3, 0.4) is 0 Å². The van der Waals surface area contributed by atoms with Crippen molar-refractivity contribution in [1.82, 2.24) is 25.0 Å². The fourth-order valence-electron chi connectivity index (χ4n) is 4.20. The van der Waals surface area contributed by atoms with Crippen molar-refractivity contribution >= 4 is 24.0 Å². The van der Waals surface area contributed by atoms with Crippen molar-refractivity contribution in [3.05, 3.63) is 47.3 Å². The van der Waals surface area contributed by atoms with Crippen LogP contribution in [0.25, 0.3) is 28.3 Å². The third-order valence-electron chi connectivity index (χ3n) is 7.11. The van der Waals surface area contributed by atoms with Crippen molar-refractivity contribution in [2.24, 2.45) is 0 Å². The minimum atomic E-state index is -4.53. The van der Waals surface area contributed by atoms with E-state index >= 15 is 0 Å². The Hall–Kier alpha value is -2.93. The summed E-state index contributed by atoms with van der Waals surface area (Å²) in [6, 6.07) is 6.57. The highest BCUT2D eigenvalue weighted by Crippen LogP contribution is 2.40. The predicted molar refractivity (Wildman–Crippen MR) is 147 cm³/mol. The summed E-state index contributed by atoms with van der Waals surface area (Å²) in [6.45, 7) is 19.0. The molecule has 0 saturated carbocycles. The smallest absolute Gasteiger partial charge is 0.295 e. The van der Waals surface area contributed by atoms with Crippen LogP contribution in [0.15, 0.2) is 39.9 Å². The molecular formula is C26H35N5O5SSi. The molecule has 10 nitrogen and oxygen atoms in total. The van der Waals surface area contributed by atoms with Gasteiger partial charge >= 0.3 is 0 Å². The maximum Gasteiger partial charge on any atom is 0.295 e. The van der Waals surface area contributed by atoms with Crippen LogP contribution in [0.5, 0.6) is 0 Å². The van der Waals surface area contributed by atoms with Gasteiger partial charge in [-0.1, -0.05) is 52.8 Å². The SMILES string of the molecule is Cc1ccc(S(=O)(=O)O)c(-c2cc3cnnc(-c4cc(CO[Si](C)(C)C(C)(C)C)on4)n3n2)c1C(C)(C)C. The molecule has 0 amide bonds. The molecule has 12 heteroatoms. The molecule has 1 N–H and O–H groups in total. The van der Waals surface area contributed by atoms with Crippen LogP contribution in [-0.2, 0) is 26.6 Å². The molecule has 0 spiro atoms. The van der Waals surface area contributed by atoms with Gasteiger partial charge in [-0.2, -0.15) is 18.6 Å². The molecular weight excluding hydrogens is 522 g/mol. The third-order valence-corrected chi connectivity index (χ3v) is 12.5. The molecule has 4 rings (SSSR count). The number of hydrogen-bond donors (Lipinski definition) is 1. The Balaban J connectivity index is 1.82. The highest BCUT2D eigenvalue weighted by molar-refractivity contribution is 7.86. The highest BCUT2D eigenvalue weighted by Gasteiger charge is 2.37. The average molecular weight is 558 g/mol. The first-order valence-electron chi connectivity index (χ1n) is 12.3. The van der Waals surface area contributed by atoms with Gasteiger partial charge in [0, 0.05) is 11.6 Å². The topological polar surface area (TPSA) is 133 Å². The second kappa shape index (κ2) is 9.37. The standard InChI is InChI=1S/C26H35N5O5SSi/c1-16-10-11-21(37(32,33)34)22(23(16)25(2,3)4)19-12-17-14-27-28-24(31(17)29-19)20-13-18(36-30-20)15-35-38(8,9)26(5,6)7/h10-14H,15H2,1-9H3,(H,32,33,34). The summed E-state index contributed by atoms with van der Waals surface area (Å²) in [5, 5.41) is 17.3. The van der Waals surface area contributed by atoms with Crippen molar-refractivity contribution in [1.29, 1.82) is 0 Å². The molecule has 0 atom stereocenters. The van der Waals surface area contributed by atoms with Crippen molar-refractivity contribution < 1.29 is 21.9 Å². The number of hydrogen-bond acceptors (Lipinski definition) is 8. The minimum Gasteiger partial charge on any atom is -0.409 e. The van der Waals surface area contributed by atoms with Crippen LogP contribution in [0.1, 0.15) is 58.4 Å². The van der Waals surface area contributed by atoms with E-state index in [4.69, 9.17) is 14.0 Å². The molecule has 0 bridgehead atoms. The van der Waals surface area contributed by atoms with Gasteiger partial charge < -0.3 is 8.95 Å². The zero-order chi connectivity index (χ0) is 28.3. The van der Waals surface area contributed by atoms with Gasteiger partial charge in [0.15, 0.2) is 19.8 Å². The average Bonchev–Trinajstić information content (AvgIpc) is 3.42. The Labute approximate surface area is 224 Å². The van der Waals surface area contributed by atoms with Crippen LogP contribution in [-0.4, -0.2) is 46.3 Å². The van der Waals surface area contributed by atoms with Gasteiger partial charge in [0.1, 0.15) is 4.90 Å². The normalized spacial score (nSPS) is 13.4. The lowest BCUT2D eigenvalue weighted by atomic mass is 9.80. The molecule has 38 heavy (non-hydrogen) atoms. The van der Waals surface area contributed by atoms with Gasteiger partial charge in [-0.25, -0.2) is 4.52 Å². The number of nitrogens with zero attached hydrogens (tertiary/aromatic N) is 5. The maximum absolute atomic E-state index is 12.4. The first-order valence-corrected chi connectivity index (χ1v) is 16.7. The molecule has 0 aliphatic rings. The fourth-order valence-corrected chi connectivity index (χ4v) is 5.84. The molecule has 0 aliphatic carbocycles. The van der Waals surface area contributed by atoms with E-state index in [0.717, 1.165) is 11.1 Å². The largest absolute Gasteiger partial charge is 0.409 e. The first-order chi connectivity index (χ1) is 17.4. The quantitative estimate of drug-likeness (QED) is 0.230. The molecule has 1 aromatic carbocycles. The summed E-state index contributed by atoms with van der Waals surface area (Å²) in [4.78, 5) is -0.203. The number of fused-ring (bicyclic) bond motifs is 1. The lowest BCUT2D eigenvalue weighted by Crippen LogP contribution is -2.40. The Morgan fingerprint density at radius 2 is 1.76 bits per heavy atom. The third kappa shape index (κ3) is 5.30. The van der Waals surface area contributed by atoms with Gasteiger partial charge in [0.05, 0.1) is 24.0 Å². The predicted octanol–water partition coefficient (Wildman–Crippen LogP) is 5.82. The Morgan fingerprint density at radius 3 is 2.37 bits per heavy atom. The lowest BCUT2D eigenvalue weighted by Gasteiger charge is -2.35. The van der Waals surface area contributed by atoms with Crippen molar-refractivity contribution in [3.8, 4) is 22.8 Å². The van der Waals surface area contributed by atoms with Gasteiger partial charge in [-0.3, -0.25) is 4.55 Å². The zero-order valence-corrected chi connectivity index (χ0v) is 25.1. The molecule has 4 aromatic rings. The summed E-state index contributed by atoms with van der Waals surface area (Å²) >= 11 is 0. The van der Waals surface area contributed by atoms with Crippen LogP contribution < -0.4 is 0 Å². The van der Waals surface area contributed by atoms with E-state index in [1.165, 1.54) is 12.3 Å². The van der Waals surface area contributed by atoms with Gasteiger partial charge in [0.2, 0.25) is 5.82 Å². The van der Waals surface area contributed by atoms with Gasteiger partial charge in [-0.05, 0) is 53.7 Å². The van der Waals surface area contributed by atoms with Gasteiger partial charge in [-0.15, -0.1) is 5.10 Å². The molecule has 3 aromatic heterocycles. The summed E-state index contributed by atoms with van der Waals surface area (Å²) in [6.07, 6.45) is 1.53. The Bertz CT molecular complexity index is 1610. The monoisotopic (exact) mass is 557 g/mol. The molecule has 3 heterocycles. The fraction of sp³-hybridized carbons (Fsp3) is 0.462. The zero-order valence-electron chi connectivity index (χ0n) is 23.3. The molecule has 0 fully saturated rings. The van der Waals surface area contributed by atoms with E-state index in [-0.39, 0.29) is 16.5 Å². The van der Waals surface area contributed by atoms with Crippen molar-refractivity contribution in [2.45, 2.75) is 83.5 Å². The van der Waals surface area contributed by atoms with Crippen LogP contribution >= 0.6 is 0 Å². The second-order valence-electron chi connectivity index (χ2n) is 12.1. The van der Waals surface area contributed by atoms with E-state index in [1.807, 2.05) is 27.7 Å². The van der Waals surface area contributed by atoms with Crippen LogP contribution in [0.4, 0.5) is 0 Å². The molecule has 0 radical (unpaired) electrons.